The number of nitrogens with one attached hydrogen (secondary N) is 4. The van der Waals surface area contributed by atoms with Gasteiger partial charge in [-0.25, -0.2) is 9.97 Å². The molecule has 1 aliphatic carbocycles. The Balaban J connectivity index is 1.19. The molecule has 2 fully saturated rings. The van der Waals surface area contributed by atoms with Gasteiger partial charge < -0.3 is 15.4 Å². The molecule has 0 spiro atoms. The van der Waals surface area contributed by atoms with Crippen molar-refractivity contribution >= 4 is 39.0 Å². The van der Waals surface area contributed by atoms with Crippen LogP contribution in [0.5, 0.6) is 5.75 Å². The van der Waals surface area contributed by atoms with Crippen molar-refractivity contribution in [1.29, 1.82) is 0 Å². The molecular weight excluding hydrogens is 484 g/mol. The number of hydrogen-bond donors (Lipinski definition) is 4. The number of aromatic nitrogens is 2. The number of hydrogen-bond acceptors (Lipinski definition) is 8. The van der Waals surface area contributed by atoms with Crippen molar-refractivity contribution in [1.82, 2.24) is 26.1 Å². The lowest BCUT2D eigenvalue weighted by molar-refractivity contribution is -0.123. The standard InChI is InChI=1S/C28H30N6O2S/c35-25(31-21-5-1-2-6-21)17-36-23-7-3-4-19(14-23)27-33-24-12-13-37-26(24)28(34-27)32-22-10-8-18(9-11-22)20-15-29-30-16-20/h3-4,7-14,20-21,29-30H,1-2,5-6,15-17H2,(H,31,35)(H,32,33,34). The van der Waals surface area contributed by atoms with Crippen LogP contribution < -0.4 is 26.2 Å². The highest BCUT2D eigenvalue weighted by molar-refractivity contribution is 7.17. The Morgan fingerprint density at radius 2 is 1.84 bits per heavy atom. The molecule has 1 aliphatic heterocycles. The average molecular weight is 515 g/mol. The summed E-state index contributed by atoms with van der Waals surface area (Å²) in [5.74, 6) is 2.40. The second kappa shape index (κ2) is 10.8. The lowest BCUT2D eigenvalue weighted by Crippen LogP contribution is -2.36. The largest absolute Gasteiger partial charge is 0.484 e. The van der Waals surface area contributed by atoms with E-state index in [0.29, 0.717) is 17.5 Å². The fraction of sp³-hybridized carbons (Fsp3) is 0.321. The van der Waals surface area contributed by atoms with Crippen molar-refractivity contribution in [2.75, 3.05) is 25.0 Å². The van der Waals surface area contributed by atoms with E-state index in [9.17, 15) is 4.79 Å². The number of amides is 1. The van der Waals surface area contributed by atoms with E-state index in [1.165, 1.54) is 18.4 Å². The van der Waals surface area contributed by atoms with Gasteiger partial charge >= 0.3 is 0 Å². The molecule has 4 aromatic rings. The number of thiophene rings is 1. The Kier molecular flexibility index (Phi) is 6.98. The summed E-state index contributed by atoms with van der Waals surface area (Å²) in [7, 11) is 0. The molecule has 190 valence electrons. The minimum Gasteiger partial charge on any atom is -0.484 e. The van der Waals surface area contributed by atoms with Gasteiger partial charge in [-0.1, -0.05) is 37.1 Å². The van der Waals surface area contributed by atoms with Gasteiger partial charge in [-0.2, -0.15) is 0 Å². The van der Waals surface area contributed by atoms with Crippen molar-refractivity contribution in [2.45, 2.75) is 37.6 Å². The Morgan fingerprint density at radius 3 is 2.65 bits per heavy atom. The molecule has 1 amide bonds. The molecular formula is C28H30N6O2S. The lowest BCUT2D eigenvalue weighted by Gasteiger charge is -2.13. The smallest absolute Gasteiger partial charge is 0.258 e. The van der Waals surface area contributed by atoms with Crippen molar-refractivity contribution in [3.63, 3.8) is 0 Å². The Bertz CT molecular complexity index is 1380. The number of carbonyl (C=O) groups excluding carboxylic acids is 1. The topological polar surface area (TPSA) is 100 Å². The second-order valence-corrected chi connectivity index (χ2v) is 10.5. The molecule has 2 aliphatic rings. The van der Waals surface area contributed by atoms with Crippen LogP contribution in [0.15, 0.2) is 60.0 Å². The summed E-state index contributed by atoms with van der Waals surface area (Å²) in [6.45, 7) is 1.87. The number of carbonyl (C=O) groups is 1. The van der Waals surface area contributed by atoms with Crippen LogP contribution in [0.1, 0.15) is 37.2 Å². The van der Waals surface area contributed by atoms with E-state index in [0.717, 1.165) is 53.2 Å². The fourth-order valence-electron chi connectivity index (χ4n) is 4.96. The molecule has 4 N–H and O–H groups in total. The van der Waals surface area contributed by atoms with Crippen LogP contribution in [0, 0.1) is 0 Å². The first kappa shape index (κ1) is 23.8. The van der Waals surface area contributed by atoms with Gasteiger partial charge in [0, 0.05) is 36.3 Å². The second-order valence-electron chi connectivity index (χ2n) is 9.60. The van der Waals surface area contributed by atoms with Gasteiger partial charge in [0.25, 0.3) is 5.91 Å². The maximum atomic E-state index is 12.3. The summed E-state index contributed by atoms with van der Waals surface area (Å²) in [5.41, 5.74) is 10.4. The maximum Gasteiger partial charge on any atom is 0.258 e. The normalized spacial score (nSPS) is 16.3. The van der Waals surface area contributed by atoms with E-state index in [-0.39, 0.29) is 18.6 Å². The van der Waals surface area contributed by atoms with Crippen LogP contribution in [0.4, 0.5) is 11.5 Å². The molecule has 3 heterocycles. The summed E-state index contributed by atoms with van der Waals surface area (Å²) < 4.78 is 6.81. The monoisotopic (exact) mass is 514 g/mol. The minimum atomic E-state index is -0.0776. The minimum absolute atomic E-state index is 0.000158. The van der Waals surface area contributed by atoms with Gasteiger partial charge in [0.1, 0.15) is 5.75 Å². The van der Waals surface area contributed by atoms with Crippen molar-refractivity contribution in [3.05, 3.63) is 65.5 Å². The fourth-order valence-corrected chi connectivity index (χ4v) is 5.74. The van der Waals surface area contributed by atoms with Gasteiger partial charge in [0.05, 0.1) is 10.2 Å². The third-order valence-electron chi connectivity index (χ3n) is 6.95. The van der Waals surface area contributed by atoms with E-state index < -0.39 is 0 Å². The maximum absolute atomic E-state index is 12.3. The zero-order valence-corrected chi connectivity index (χ0v) is 21.3. The molecule has 0 atom stereocenters. The number of rotatable bonds is 8. The van der Waals surface area contributed by atoms with E-state index in [2.05, 4.69) is 45.8 Å². The molecule has 0 unspecified atom stereocenters. The zero-order valence-electron chi connectivity index (χ0n) is 20.5. The number of benzene rings is 2. The number of fused-ring (bicyclic) bond motifs is 1. The third kappa shape index (κ3) is 5.58. The molecule has 2 aromatic heterocycles. The SMILES string of the molecule is O=C(COc1cccc(-c2nc(Nc3ccc(C4CNNC4)cc3)c3sccc3n2)c1)NC1CCCC1. The first-order valence-corrected chi connectivity index (χ1v) is 13.7. The Labute approximate surface area is 219 Å². The predicted octanol–water partition coefficient (Wildman–Crippen LogP) is 4.73. The molecule has 37 heavy (non-hydrogen) atoms. The molecule has 6 rings (SSSR count). The molecule has 8 nitrogen and oxygen atoms in total. The highest BCUT2D eigenvalue weighted by atomic mass is 32.1. The van der Waals surface area contributed by atoms with E-state index in [1.807, 2.05) is 35.7 Å². The van der Waals surface area contributed by atoms with Gasteiger partial charge in [-0.15, -0.1) is 11.3 Å². The summed E-state index contributed by atoms with van der Waals surface area (Å²) in [6.07, 6.45) is 4.47. The molecule has 1 saturated heterocycles. The first-order valence-electron chi connectivity index (χ1n) is 12.8. The van der Waals surface area contributed by atoms with Crippen LogP contribution in [0.2, 0.25) is 0 Å². The van der Waals surface area contributed by atoms with Crippen LogP contribution in [-0.2, 0) is 4.79 Å². The Morgan fingerprint density at radius 1 is 1.03 bits per heavy atom. The first-order chi connectivity index (χ1) is 18.2. The van der Waals surface area contributed by atoms with Gasteiger partial charge in [0.2, 0.25) is 0 Å². The summed E-state index contributed by atoms with van der Waals surface area (Å²) >= 11 is 1.61. The average Bonchev–Trinajstić information content (AvgIpc) is 3.71. The van der Waals surface area contributed by atoms with Crippen LogP contribution >= 0.6 is 11.3 Å². The Hall–Kier alpha value is -3.53. The van der Waals surface area contributed by atoms with Crippen molar-refractivity contribution < 1.29 is 9.53 Å². The van der Waals surface area contributed by atoms with Gasteiger partial charge in [-0.05, 0) is 54.1 Å². The predicted molar refractivity (Wildman–Crippen MR) is 147 cm³/mol. The summed E-state index contributed by atoms with van der Waals surface area (Å²) in [4.78, 5) is 22.0. The molecule has 0 bridgehead atoms. The molecule has 1 saturated carbocycles. The summed E-state index contributed by atoms with van der Waals surface area (Å²) in [6, 6.07) is 18.4. The molecule has 0 radical (unpaired) electrons. The third-order valence-corrected chi connectivity index (χ3v) is 7.86. The van der Waals surface area contributed by atoms with E-state index in [1.54, 1.807) is 11.3 Å². The van der Waals surface area contributed by atoms with Crippen LogP contribution in [0.3, 0.4) is 0 Å². The number of ether oxygens (including phenoxy) is 1. The highest BCUT2D eigenvalue weighted by Crippen LogP contribution is 2.32. The lowest BCUT2D eigenvalue weighted by atomic mass is 10.0. The van der Waals surface area contributed by atoms with Crippen LogP contribution in [-0.4, -0.2) is 41.6 Å². The zero-order chi connectivity index (χ0) is 25.0. The summed E-state index contributed by atoms with van der Waals surface area (Å²) in [5, 5.41) is 8.58. The van der Waals surface area contributed by atoms with Gasteiger partial charge in [-0.3, -0.25) is 15.6 Å². The van der Waals surface area contributed by atoms with Crippen molar-refractivity contribution in [2.24, 2.45) is 0 Å². The van der Waals surface area contributed by atoms with E-state index >= 15 is 0 Å². The molecule has 2 aromatic carbocycles. The quantitative estimate of drug-likeness (QED) is 0.270. The number of nitrogens with zero attached hydrogens (tertiary/aromatic N) is 2. The number of anilines is 2. The molecule has 9 heteroatoms. The van der Waals surface area contributed by atoms with Crippen LogP contribution in [0.25, 0.3) is 21.6 Å². The number of hydrazine groups is 1. The van der Waals surface area contributed by atoms with Gasteiger partial charge in [0.15, 0.2) is 18.2 Å². The van der Waals surface area contributed by atoms with Crippen molar-refractivity contribution in [3.8, 4) is 17.1 Å². The highest BCUT2D eigenvalue weighted by Gasteiger charge is 2.18. The van der Waals surface area contributed by atoms with E-state index in [4.69, 9.17) is 14.7 Å².